The smallest absolute Gasteiger partial charge is 0.246 e. The number of nitrogens with zero attached hydrogens (tertiary/aromatic N) is 2. The number of nitrogens with one attached hydrogen (secondary N) is 1. The zero-order valence-electron chi connectivity index (χ0n) is 11.3. The van der Waals surface area contributed by atoms with Crippen molar-refractivity contribution >= 4 is 27.5 Å². The number of halogens is 1. The Hall–Kier alpha value is -1.18. The van der Waals surface area contributed by atoms with Crippen molar-refractivity contribution in [3.05, 3.63) is 23.5 Å². The van der Waals surface area contributed by atoms with Crippen molar-refractivity contribution in [2.75, 3.05) is 20.1 Å². The molecule has 0 saturated carbocycles. The summed E-state index contributed by atoms with van der Waals surface area (Å²) in [7, 11) is -2.18. The van der Waals surface area contributed by atoms with Gasteiger partial charge in [0.25, 0.3) is 0 Å². The third kappa shape index (κ3) is 2.53. The second-order valence-electron chi connectivity index (χ2n) is 5.03. The molecule has 20 heavy (non-hydrogen) atoms. The normalized spacial score (nSPS) is 23.8. The molecule has 6 nitrogen and oxygen atoms in total. The van der Waals surface area contributed by atoms with E-state index >= 15 is 0 Å². The number of rotatable bonds is 3. The van der Waals surface area contributed by atoms with Crippen LogP contribution in [0.15, 0.2) is 23.4 Å². The van der Waals surface area contributed by atoms with Crippen molar-refractivity contribution in [2.24, 2.45) is 5.41 Å². The molecule has 110 valence electrons. The van der Waals surface area contributed by atoms with Crippen molar-refractivity contribution in [2.45, 2.75) is 18.2 Å². The maximum atomic E-state index is 12.5. The lowest BCUT2D eigenvalue weighted by Crippen LogP contribution is -2.40. The molecule has 1 unspecified atom stereocenters. The van der Waals surface area contributed by atoms with Gasteiger partial charge >= 0.3 is 0 Å². The lowest BCUT2D eigenvalue weighted by atomic mass is 9.89. The van der Waals surface area contributed by atoms with E-state index in [1.54, 1.807) is 14.0 Å². The van der Waals surface area contributed by atoms with Crippen LogP contribution in [0.3, 0.4) is 0 Å². The quantitative estimate of drug-likeness (QED) is 0.897. The summed E-state index contributed by atoms with van der Waals surface area (Å²) in [5, 5.41) is 2.70. The van der Waals surface area contributed by atoms with Crippen molar-refractivity contribution < 1.29 is 13.2 Å². The van der Waals surface area contributed by atoms with Crippen molar-refractivity contribution in [3.63, 3.8) is 0 Å². The Labute approximate surface area is 123 Å². The summed E-state index contributed by atoms with van der Waals surface area (Å²) in [6, 6.07) is 1.43. The fourth-order valence-corrected chi connectivity index (χ4v) is 4.27. The maximum absolute atomic E-state index is 12.5. The molecule has 1 amide bonds. The van der Waals surface area contributed by atoms with E-state index in [2.05, 4.69) is 10.3 Å². The van der Waals surface area contributed by atoms with Gasteiger partial charge in [0.15, 0.2) is 0 Å². The third-order valence-electron chi connectivity index (χ3n) is 3.57. The molecule has 0 aliphatic carbocycles. The summed E-state index contributed by atoms with van der Waals surface area (Å²) in [6.07, 6.45) is 3.14. The van der Waals surface area contributed by atoms with E-state index < -0.39 is 15.4 Å². The van der Waals surface area contributed by atoms with E-state index in [1.807, 2.05) is 0 Å². The van der Waals surface area contributed by atoms with Gasteiger partial charge in [0, 0.05) is 32.5 Å². The molecule has 2 heterocycles. The second kappa shape index (κ2) is 5.31. The molecule has 2 rings (SSSR count). The van der Waals surface area contributed by atoms with Crippen LogP contribution in [0.4, 0.5) is 0 Å². The summed E-state index contributed by atoms with van der Waals surface area (Å²) >= 11 is 5.92. The molecule has 0 spiro atoms. The third-order valence-corrected chi connectivity index (χ3v) is 5.88. The van der Waals surface area contributed by atoms with Gasteiger partial charge in [0.2, 0.25) is 15.9 Å². The zero-order chi connectivity index (χ0) is 15.0. The molecule has 1 N–H and O–H groups in total. The first-order chi connectivity index (χ1) is 9.31. The van der Waals surface area contributed by atoms with Crippen molar-refractivity contribution in [1.29, 1.82) is 0 Å². The van der Waals surface area contributed by atoms with E-state index in [0.717, 1.165) is 0 Å². The van der Waals surface area contributed by atoms with Crippen LogP contribution in [0.2, 0.25) is 5.02 Å². The molecule has 1 aromatic heterocycles. The Kier molecular flexibility index (Phi) is 4.04. The Morgan fingerprint density at radius 1 is 1.55 bits per heavy atom. The number of carbonyl (C=O) groups excluding carboxylic acids is 1. The summed E-state index contributed by atoms with van der Waals surface area (Å²) in [5.41, 5.74) is -0.712. The fraction of sp³-hybridized carbons (Fsp3) is 0.500. The van der Waals surface area contributed by atoms with E-state index in [0.29, 0.717) is 6.42 Å². The standard InChI is InChI=1S/C12H16ClN3O3S/c1-12(11(17)14-2)4-6-16(8-12)20(18,19)10-7-15-5-3-9(10)13/h3,5,7H,4,6,8H2,1-2H3,(H,14,17). The lowest BCUT2D eigenvalue weighted by Gasteiger charge is -2.22. The Bertz CT molecular complexity index is 635. The molecule has 0 aromatic carbocycles. The highest BCUT2D eigenvalue weighted by molar-refractivity contribution is 7.89. The minimum Gasteiger partial charge on any atom is -0.359 e. The van der Waals surface area contributed by atoms with Crippen LogP contribution in [0.1, 0.15) is 13.3 Å². The van der Waals surface area contributed by atoms with Crippen LogP contribution < -0.4 is 5.32 Å². The van der Waals surface area contributed by atoms with Crippen molar-refractivity contribution in [3.8, 4) is 0 Å². The zero-order valence-corrected chi connectivity index (χ0v) is 12.8. The van der Waals surface area contributed by atoms with Crippen LogP contribution in [0, 0.1) is 5.41 Å². The van der Waals surface area contributed by atoms with Gasteiger partial charge in [-0.25, -0.2) is 8.42 Å². The number of pyridine rings is 1. The number of carbonyl (C=O) groups is 1. The van der Waals surface area contributed by atoms with Gasteiger partial charge in [-0.1, -0.05) is 11.6 Å². The molecule has 1 aliphatic heterocycles. The highest BCUT2D eigenvalue weighted by Crippen LogP contribution is 2.34. The molecule has 1 saturated heterocycles. The molecule has 1 aromatic rings. The number of aromatic nitrogens is 1. The SMILES string of the molecule is CNC(=O)C1(C)CCN(S(=O)(=O)c2cnccc2Cl)C1. The summed E-state index contributed by atoms with van der Waals surface area (Å²) < 4.78 is 26.3. The Morgan fingerprint density at radius 3 is 2.85 bits per heavy atom. The van der Waals surface area contributed by atoms with E-state index in [1.165, 1.54) is 22.8 Å². The van der Waals surface area contributed by atoms with Crippen LogP contribution >= 0.6 is 11.6 Å². The molecule has 0 radical (unpaired) electrons. The maximum Gasteiger partial charge on any atom is 0.246 e. The van der Waals surface area contributed by atoms with E-state index in [-0.39, 0.29) is 28.9 Å². The summed E-state index contributed by atoms with van der Waals surface area (Å²) in [6.45, 7) is 2.18. The fourth-order valence-electron chi connectivity index (χ4n) is 2.30. The van der Waals surface area contributed by atoms with Gasteiger partial charge in [-0.3, -0.25) is 9.78 Å². The first-order valence-corrected chi connectivity index (χ1v) is 7.95. The number of amides is 1. The highest BCUT2D eigenvalue weighted by atomic mass is 35.5. The molecule has 1 atom stereocenters. The number of hydrogen-bond donors (Lipinski definition) is 1. The van der Waals surface area contributed by atoms with Gasteiger partial charge in [0.1, 0.15) is 4.90 Å². The summed E-state index contributed by atoms with van der Waals surface area (Å²) in [5.74, 6) is -0.160. The average Bonchev–Trinajstić information content (AvgIpc) is 2.83. The van der Waals surface area contributed by atoms with Crippen LogP contribution in [-0.2, 0) is 14.8 Å². The van der Waals surface area contributed by atoms with Gasteiger partial charge in [-0.05, 0) is 19.4 Å². The Morgan fingerprint density at radius 2 is 2.25 bits per heavy atom. The largest absolute Gasteiger partial charge is 0.359 e. The topological polar surface area (TPSA) is 79.4 Å². The Balaban J connectivity index is 2.30. The van der Waals surface area contributed by atoms with Crippen molar-refractivity contribution in [1.82, 2.24) is 14.6 Å². The molecule has 8 heteroatoms. The monoisotopic (exact) mass is 317 g/mol. The highest BCUT2D eigenvalue weighted by Gasteiger charge is 2.44. The van der Waals surface area contributed by atoms with Gasteiger partial charge in [-0.2, -0.15) is 4.31 Å². The predicted molar refractivity (Wildman–Crippen MR) is 74.8 cm³/mol. The van der Waals surface area contributed by atoms with Gasteiger partial charge in [0.05, 0.1) is 10.4 Å². The van der Waals surface area contributed by atoms with Crippen LogP contribution in [-0.4, -0.2) is 43.8 Å². The first kappa shape index (κ1) is 15.2. The van der Waals surface area contributed by atoms with Crippen LogP contribution in [0.25, 0.3) is 0 Å². The summed E-state index contributed by atoms with van der Waals surface area (Å²) in [4.78, 5) is 15.6. The lowest BCUT2D eigenvalue weighted by molar-refractivity contribution is -0.128. The molecular formula is C12H16ClN3O3S. The molecule has 1 fully saturated rings. The van der Waals surface area contributed by atoms with Gasteiger partial charge < -0.3 is 5.32 Å². The number of sulfonamides is 1. The van der Waals surface area contributed by atoms with E-state index in [9.17, 15) is 13.2 Å². The molecule has 0 bridgehead atoms. The van der Waals surface area contributed by atoms with E-state index in [4.69, 9.17) is 11.6 Å². The second-order valence-corrected chi connectivity index (χ2v) is 7.35. The molecule has 1 aliphatic rings. The molecular weight excluding hydrogens is 302 g/mol. The number of hydrogen-bond acceptors (Lipinski definition) is 4. The average molecular weight is 318 g/mol. The first-order valence-electron chi connectivity index (χ1n) is 6.13. The predicted octanol–water partition coefficient (Wildman–Crippen LogP) is 0.882. The minimum absolute atomic E-state index is 0.0252. The van der Waals surface area contributed by atoms with Gasteiger partial charge in [-0.15, -0.1) is 0 Å². The minimum atomic E-state index is -3.72. The van der Waals surface area contributed by atoms with Crippen LogP contribution in [0.5, 0.6) is 0 Å².